The van der Waals surface area contributed by atoms with E-state index >= 15 is 0 Å². The van der Waals surface area contributed by atoms with E-state index in [2.05, 4.69) is 95.6 Å². The van der Waals surface area contributed by atoms with Crippen molar-refractivity contribution in [1.82, 2.24) is 24.5 Å². The van der Waals surface area contributed by atoms with Crippen LogP contribution < -0.4 is 0 Å². The van der Waals surface area contributed by atoms with Crippen molar-refractivity contribution in [2.75, 3.05) is 0 Å². The van der Waals surface area contributed by atoms with Gasteiger partial charge in [-0.05, 0) is 60.7 Å². The third-order valence-electron chi connectivity index (χ3n) is 9.89. The molecule has 0 spiro atoms. The second-order valence-corrected chi connectivity index (χ2v) is 14.1. The standard InChI is InChI=1S/C46H27N5OS/c1-3-11-28(12-4-1)43-48-44(29-13-5-2-6-14-29)50-45(49-43)31-21-24-37-42(25-31)53-46(47-37)30-19-22-32(23-20-30)51-38-17-9-7-15-33(38)35-26-36-34-16-8-10-18-40(34)52-41(36)27-39(35)51/h1-27H. The van der Waals surface area contributed by atoms with Crippen LogP contribution in [0.25, 0.3) is 104 Å². The topological polar surface area (TPSA) is 69.6 Å². The molecule has 0 aliphatic carbocycles. The van der Waals surface area contributed by atoms with Crippen molar-refractivity contribution in [3.05, 3.63) is 164 Å². The molecule has 6 nitrogen and oxygen atoms in total. The van der Waals surface area contributed by atoms with Gasteiger partial charge in [0.1, 0.15) is 16.2 Å². The molecular weight excluding hydrogens is 671 g/mol. The number of fused-ring (bicyclic) bond motifs is 7. The van der Waals surface area contributed by atoms with Gasteiger partial charge in [0, 0.05) is 55.6 Å². The first kappa shape index (κ1) is 29.7. The highest BCUT2D eigenvalue weighted by Crippen LogP contribution is 2.39. The minimum absolute atomic E-state index is 0.630. The van der Waals surface area contributed by atoms with Crippen molar-refractivity contribution in [1.29, 1.82) is 0 Å². The van der Waals surface area contributed by atoms with Gasteiger partial charge in [0.2, 0.25) is 0 Å². The molecule has 0 atom stereocenters. The van der Waals surface area contributed by atoms with E-state index < -0.39 is 0 Å². The molecule has 11 aromatic rings. The van der Waals surface area contributed by atoms with Gasteiger partial charge in [-0.1, -0.05) is 97.1 Å². The maximum atomic E-state index is 6.31. The number of hydrogen-bond acceptors (Lipinski definition) is 6. The average Bonchev–Trinajstić information content (AvgIpc) is 3.92. The zero-order valence-electron chi connectivity index (χ0n) is 28.1. The molecule has 0 bridgehead atoms. The maximum Gasteiger partial charge on any atom is 0.164 e. The fourth-order valence-corrected chi connectivity index (χ4v) is 8.35. The lowest BCUT2D eigenvalue weighted by atomic mass is 10.1. The Morgan fingerprint density at radius 1 is 0.415 bits per heavy atom. The average molecular weight is 698 g/mol. The molecule has 0 aliphatic rings. The first-order chi connectivity index (χ1) is 26.2. The molecule has 4 aromatic heterocycles. The quantitative estimate of drug-likeness (QED) is 0.179. The van der Waals surface area contributed by atoms with Crippen LogP contribution in [0.15, 0.2) is 168 Å². The summed E-state index contributed by atoms with van der Waals surface area (Å²) in [5.41, 5.74) is 9.96. The molecule has 7 aromatic carbocycles. The predicted molar refractivity (Wildman–Crippen MR) is 216 cm³/mol. The van der Waals surface area contributed by atoms with Crippen LogP contribution in [0.1, 0.15) is 0 Å². The summed E-state index contributed by atoms with van der Waals surface area (Å²) in [4.78, 5) is 19.7. The Bertz CT molecular complexity index is 3110. The maximum absolute atomic E-state index is 6.31. The third kappa shape index (κ3) is 4.93. The summed E-state index contributed by atoms with van der Waals surface area (Å²) in [6.07, 6.45) is 0. The predicted octanol–water partition coefficient (Wildman–Crippen LogP) is 12.1. The molecule has 0 N–H and O–H groups in total. The Kier molecular flexibility index (Phi) is 6.62. The van der Waals surface area contributed by atoms with Crippen LogP contribution in [0, 0.1) is 0 Å². The second-order valence-electron chi connectivity index (χ2n) is 13.1. The molecule has 248 valence electrons. The Balaban J connectivity index is 0.979. The fourth-order valence-electron chi connectivity index (χ4n) is 7.34. The Hall–Kier alpha value is -6.96. The number of furan rings is 1. The van der Waals surface area contributed by atoms with Gasteiger partial charge in [-0.25, -0.2) is 19.9 Å². The number of nitrogens with zero attached hydrogens (tertiary/aromatic N) is 5. The molecule has 0 radical (unpaired) electrons. The van der Waals surface area contributed by atoms with Crippen LogP contribution in [0.5, 0.6) is 0 Å². The third-order valence-corrected chi connectivity index (χ3v) is 11.0. The number of para-hydroxylation sites is 2. The summed E-state index contributed by atoms with van der Waals surface area (Å²) in [5.74, 6) is 1.92. The van der Waals surface area contributed by atoms with Gasteiger partial charge < -0.3 is 8.98 Å². The zero-order valence-corrected chi connectivity index (χ0v) is 29.0. The smallest absolute Gasteiger partial charge is 0.164 e. The second kappa shape index (κ2) is 11.8. The van der Waals surface area contributed by atoms with Gasteiger partial charge in [-0.15, -0.1) is 11.3 Å². The van der Waals surface area contributed by atoms with Crippen LogP contribution in [0.4, 0.5) is 0 Å². The monoisotopic (exact) mass is 697 g/mol. The van der Waals surface area contributed by atoms with E-state index in [1.54, 1.807) is 11.3 Å². The normalized spacial score (nSPS) is 11.8. The van der Waals surface area contributed by atoms with Crippen LogP contribution in [-0.4, -0.2) is 24.5 Å². The molecule has 4 heterocycles. The van der Waals surface area contributed by atoms with E-state index in [1.807, 2.05) is 72.8 Å². The Morgan fingerprint density at radius 2 is 1.04 bits per heavy atom. The lowest BCUT2D eigenvalue weighted by Gasteiger charge is -2.08. The van der Waals surface area contributed by atoms with E-state index in [0.29, 0.717) is 17.5 Å². The van der Waals surface area contributed by atoms with Gasteiger partial charge in [0.15, 0.2) is 17.5 Å². The highest BCUT2D eigenvalue weighted by atomic mass is 32.1. The molecule has 7 heteroatoms. The van der Waals surface area contributed by atoms with E-state index in [-0.39, 0.29) is 0 Å². The van der Waals surface area contributed by atoms with Crippen molar-refractivity contribution in [2.24, 2.45) is 0 Å². The van der Waals surface area contributed by atoms with E-state index in [4.69, 9.17) is 24.4 Å². The van der Waals surface area contributed by atoms with Crippen LogP contribution in [-0.2, 0) is 0 Å². The molecule has 0 fully saturated rings. The fraction of sp³-hybridized carbons (Fsp3) is 0. The minimum Gasteiger partial charge on any atom is -0.456 e. The summed E-state index contributed by atoms with van der Waals surface area (Å²) in [5, 5.41) is 5.65. The van der Waals surface area contributed by atoms with E-state index in [1.165, 1.54) is 10.8 Å². The van der Waals surface area contributed by atoms with Crippen LogP contribution >= 0.6 is 11.3 Å². The van der Waals surface area contributed by atoms with Crippen LogP contribution in [0.3, 0.4) is 0 Å². The van der Waals surface area contributed by atoms with Gasteiger partial charge in [0.25, 0.3) is 0 Å². The summed E-state index contributed by atoms with van der Waals surface area (Å²) in [7, 11) is 0. The van der Waals surface area contributed by atoms with Crippen molar-refractivity contribution in [3.8, 4) is 50.4 Å². The van der Waals surface area contributed by atoms with Crippen LogP contribution in [0.2, 0.25) is 0 Å². The highest BCUT2D eigenvalue weighted by Gasteiger charge is 2.18. The SMILES string of the molecule is c1ccc(-c2nc(-c3ccccc3)nc(-c3ccc4nc(-c5ccc(-n6c7ccccc7c7cc8c(cc76)oc6ccccc68)cc5)sc4c3)n2)cc1. The first-order valence-corrected chi connectivity index (χ1v) is 18.3. The van der Waals surface area contributed by atoms with Crippen molar-refractivity contribution in [2.45, 2.75) is 0 Å². The lowest BCUT2D eigenvalue weighted by molar-refractivity contribution is 0.669. The summed E-state index contributed by atoms with van der Waals surface area (Å²) >= 11 is 1.67. The molecule has 0 saturated heterocycles. The van der Waals surface area contributed by atoms with E-state index in [0.717, 1.165) is 76.1 Å². The first-order valence-electron chi connectivity index (χ1n) is 17.5. The van der Waals surface area contributed by atoms with Gasteiger partial charge in [-0.3, -0.25) is 0 Å². The van der Waals surface area contributed by atoms with Crippen molar-refractivity contribution in [3.63, 3.8) is 0 Å². The molecule has 0 aliphatic heterocycles. The minimum atomic E-state index is 0.630. The zero-order chi connectivity index (χ0) is 34.9. The summed E-state index contributed by atoms with van der Waals surface area (Å²) in [6.45, 7) is 0. The molecule has 11 rings (SSSR count). The van der Waals surface area contributed by atoms with Crippen molar-refractivity contribution >= 4 is 65.3 Å². The highest BCUT2D eigenvalue weighted by molar-refractivity contribution is 7.21. The lowest BCUT2D eigenvalue weighted by Crippen LogP contribution is -1.99. The van der Waals surface area contributed by atoms with Gasteiger partial charge in [-0.2, -0.15) is 0 Å². The molecular formula is C46H27N5OS. The summed E-state index contributed by atoms with van der Waals surface area (Å²) in [6, 6.07) is 56.4. The number of benzene rings is 7. The molecule has 53 heavy (non-hydrogen) atoms. The molecule has 0 unspecified atom stereocenters. The number of hydrogen-bond donors (Lipinski definition) is 0. The number of aromatic nitrogens is 5. The summed E-state index contributed by atoms with van der Waals surface area (Å²) < 4.78 is 9.71. The van der Waals surface area contributed by atoms with Crippen molar-refractivity contribution < 1.29 is 4.42 Å². The van der Waals surface area contributed by atoms with E-state index in [9.17, 15) is 0 Å². The number of rotatable bonds is 5. The van der Waals surface area contributed by atoms with Gasteiger partial charge in [0.05, 0.1) is 21.3 Å². The Morgan fingerprint density at radius 3 is 1.77 bits per heavy atom. The Labute approximate surface area is 307 Å². The largest absolute Gasteiger partial charge is 0.456 e. The molecule has 0 saturated carbocycles. The number of thiazole rings is 1. The molecule has 0 amide bonds. The van der Waals surface area contributed by atoms with Gasteiger partial charge >= 0.3 is 0 Å².